The molecule has 4 amide bonds. The van der Waals surface area contributed by atoms with Gasteiger partial charge < -0.3 is 219 Å². The number of aliphatic hydroxyl groups excluding tert-OH is 23. The van der Waals surface area contributed by atoms with Gasteiger partial charge in [-0.15, -0.1) is 0 Å². The van der Waals surface area contributed by atoms with Crippen molar-refractivity contribution in [1.29, 1.82) is 0 Å². The van der Waals surface area contributed by atoms with Crippen LogP contribution in [0.5, 0.6) is 0 Å². The van der Waals surface area contributed by atoms with Crippen molar-refractivity contribution in [3.05, 3.63) is 0 Å². The molecule has 0 aromatic rings. The third-order valence-corrected chi connectivity index (χ3v) is 21.6. The Hall–Kier alpha value is -3.98. The largest absolute Gasteiger partial charge is 0.397 e. The number of hydrogen-bond donors (Lipinski definition) is 29. The highest BCUT2D eigenvalue weighted by atomic mass is 32.3. The van der Waals surface area contributed by atoms with Crippen LogP contribution < -0.4 is 21.3 Å². The molecule has 9 heterocycles. The summed E-state index contributed by atoms with van der Waals surface area (Å²) in [6, 6.07) is -7.94. The highest BCUT2D eigenvalue weighted by Crippen LogP contribution is 2.40. The van der Waals surface area contributed by atoms with Gasteiger partial charge in [-0.2, -0.15) is 16.8 Å². The zero-order valence-electron chi connectivity index (χ0n) is 63.4. The van der Waals surface area contributed by atoms with Crippen molar-refractivity contribution >= 4 is 44.4 Å². The van der Waals surface area contributed by atoms with Crippen molar-refractivity contribution in [3.63, 3.8) is 0 Å². The third-order valence-electron chi connectivity index (χ3n) is 20.8. The van der Waals surface area contributed by atoms with E-state index in [1.807, 2.05) is 0 Å². The zero-order chi connectivity index (χ0) is 88.9. The molecule has 58 heteroatoms. The number of carbonyl (C=O) groups excluding carboxylic acids is 4. The molecule has 9 rings (SSSR count). The Labute approximate surface area is 678 Å². The number of amides is 4. The van der Waals surface area contributed by atoms with E-state index in [1.54, 1.807) is 0 Å². The van der Waals surface area contributed by atoms with Crippen LogP contribution in [0.4, 0.5) is 0 Å². The van der Waals surface area contributed by atoms with E-state index in [2.05, 4.69) is 29.6 Å². The maximum Gasteiger partial charge on any atom is 0.397 e. The SMILES string of the molecule is CC(=O)N[C@@H]1[C@H](O[C@H]2[C@H](O)[C@@H](NC(C)=O)[C@H](O)O[C@@H]2CO)O[C@H](CO)[C@@H](O[C@@H]2O[C@H](CO[C@H]3O[C@H](CO)[C@@H](O)[C@H](O)[C@@H]3O[C@@H]3O[C@H](COS(=O)(=O)O)[C@@H](O[C@@H]4O[C@H](CO)[C@H](O)[C@H](O)[C@H]4O)[C@H](O)[C@H]3NC(C)=O)[C@@H](O)[C@H](O[C@H]3O[C@H](CO)[C@@H](O)[C@H](O)[C@@H]3O[C@@H]3O[C@H](COS(=O)(=O)O)[C@@H](O[C@@H]4O[C@H](CO)[C@H](O)[C@H](O)[C@H]4O)[C@H](O)[C@H]3NC(C)=O)[C@@H]2O)[C@@H]1O. The van der Waals surface area contributed by atoms with Crippen molar-refractivity contribution in [2.24, 2.45) is 0 Å². The van der Waals surface area contributed by atoms with E-state index in [-0.39, 0.29) is 0 Å². The number of carbonyl (C=O) groups is 4. The Morgan fingerprint density at radius 2 is 0.525 bits per heavy atom. The minimum absolute atomic E-state index is 0.822. The van der Waals surface area contributed by atoms with Crippen LogP contribution in [0.1, 0.15) is 27.7 Å². The van der Waals surface area contributed by atoms with Crippen molar-refractivity contribution in [2.75, 3.05) is 59.5 Å². The minimum atomic E-state index is -5.53. The quantitative estimate of drug-likeness (QED) is 0.0271. The van der Waals surface area contributed by atoms with Gasteiger partial charge in [0, 0.05) is 27.7 Å². The number of nitrogens with one attached hydrogen (secondary N) is 4. The van der Waals surface area contributed by atoms with E-state index in [4.69, 9.17) is 80.5 Å². The molecule has 0 aliphatic carbocycles. The zero-order valence-corrected chi connectivity index (χ0v) is 65.0. The number of aliphatic hydroxyl groups is 23. The van der Waals surface area contributed by atoms with Gasteiger partial charge in [0.25, 0.3) is 0 Å². The lowest BCUT2D eigenvalue weighted by molar-refractivity contribution is -0.399. The Morgan fingerprint density at radius 1 is 0.258 bits per heavy atom. The van der Waals surface area contributed by atoms with E-state index in [0.717, 1.165) is 27.7 Å². The van der Waals surface area contributed by atoms with Crippen LogP contribution in [0.2, 0.25) is 0 Å². The van der Waals surface area contributed by atoms with Gasteiger partial charge in [-0.25, -0.2) is 8.37 Å². The van der Waals surface area contributed by atoms with Gasteiger partial charge in [0.05, 0.1) is 59.5 Å². The molecule has 0 aromatic heterocycles. The molecule has 0 spiro atoms. The summed E-state index contributed by atoms with van der Waals surface area (Å²) in [6.45, 7) is -7.51. The number of ether oxygens (including phenoxy) is 17. The van der Waals surface area contributed by atoms with Crippen molar-refractivity contribution < 1.29 is 251 Å². The Kier molecular flexibility index (Phi) is 35.6. The second kappa shape index (κ2) is 42.8. The summed E-state index contributed by atoms with van der Waals surface area (Å²) < 4.78 is 177. The first kappa shape index (κ1) is 99.8. The summed E-state index contributed by atoms with van der Waals surface area (Å²) in [5.41, 5.74) is 0. The topological polar surface area (TPSA) is 866 Å². The van der Waals surface area contributed by atoms with Crippen LogP contribution in [-0.2, 0) is 129 Å². The standard InChI is InChI=1S/C62H104N4O52S2/c1-14(73)63-27-36(82)47(22(9-71)103-54(27)93)112-55-28(64-15(2)74)37(83)48(23(10-72)108-55)113-60-46(92)51(116-62-53(43(89)34(80)21(8-70)107-62)118-57-30(66-17(4)76)39(85)50(26(111-57)13-102-120(97,98)99)115-59-45(91)41(87)32(78)19(6-68)105-59)35(81)24(109-60)11-100-61-52(42(88)33(79)20(7-69)106-61)117-56-29(65-16(3)75)38(84)49(25(110-56)12-101-119(94,95)96)114-58-44(90)40(86)31(77)18(5-67)104-58/h18-62,67-72,77-93H,5-13H2,1-4H3,(H,63,73)(H,64,74)(H,65,75)(H,66,76)(H,94,95,96)(H,97,98,99)/t18-,19-,20-,21-,22-,23-,24-,25-,26-,27-,28+,29-,30-,31+,32+,33-,34-,35-,36-,37-,38-,39-,40+,41+,42+,43+,44-,45-,46+,47-,48-,49-,50-,51+,52+,53+,54-,55+,56+,57+,58+,59+,60+,61+,62-/m1/s1. The molecule has 9 saturated heterocycles. The fourth-order valence-electron chi connectivity index (χ4n) is 14.7. The number of hydrogen-bond acceptors (Lipinski definition) is 50. The molecule has 29 N–H and O–H groups in total. The average molecular weight is 1800 g/mol. The molecule has 0 radical (unpaired) electrons. The molecule has 0 bridgehead atoms. The molecular weight excluding hydrogens is 1700 g/mol. The monoisotopic (exact) mass is 1800 g/mol. The van der Waals surface area contributed by atoms with Gasteiger partial charge in [0.1, 0.15) is 219 Å². The Balaban J connectivity index is 1.09. The maximum atomic E-state index is 13.0. The van der Waals surface area contributed by atoms with Crippen LogP contribution in [0.15, 0.2) is 0 Å². The van der Waals surface area contributed by atoms with Crippen LogP contribution in [0, 0.1) is 0 Å². The first-order valence-corrected chi connectivity index (χ1v) is 39.7. The molecule has 9 fully saturated rings. The van der Waals surface area contributed by atoms with Crippen molar-refractivity contribution in [1.82, 2.24) is 21.3 Å². The Morgan fingerprint density at radius 3 is 0.892 bits per heavy atom. The molecule has 0 unspecified atom stereocenters. The van der Waals surface area contributed by atoms with Crippen LogP contribution >= 0.6 is 0 Å². The maximum absolute atomic E-state index is 13.0. The predicted molar refractivity (Wildman–Crippen MR) is 364 cm³/mol. The molecule has 0 aromatic carbocycles. The molecule has 45 atom stereocenters. The third kappa shape index (κ3) is 23.5. The fourth-order valence-corrected chi connectivity index (χ4v) is 15.3. The summed E-state index contributed by atoms with van der Waals surface area (Å²) in [6.07, 6.45) is -91.5. The smallest absolute Gasteiger partial charge is 0.394 e. The Bertz CT molecular complexity index is 3520. The molecule has 9 aliphatic heterocycles. The van der Waals surface area contributed by atoms with E-state index >= 15 is 0 Å². The van der Waals surface area contributed by atoms with E-state index in [1.165, 1.54) is 0 Å². The molecule has 9 aliphatic rings. The second-order valence-electron chi connectivity index (χ2n) is 29.2. The normalized spacial score (nSPS) is 46.7. The summed E-state index contributed by atoms with van der Waals surface area (Å²) in [5, 5.41) is 266. The first-order chi connectivity index (χ1) is 56.3. The summed E-state index contributed by atoms with van der Waals surface area (Å²) >= 11 is 0. The average Bonchev–Trinajstić information content (AvgIpc) is 0.765. The lowest BCUT2D eigenvalue weighted by Crippen LogP contribution is -2.71. The van der Waals surface area contributed by atoms with Gasteiger partial charge in [0.15, 0.2) is 56.6 Å². The van der Waals surface area contributed by atoms with Crippen LogP contribution in [0.3, 0.4) is 0 Å². The van der Waals surface area contributed by atoms with E-state index in [0.29, 0.717) is 0 Å². The van der Waals surface area contributed by atoms with Crippen LogP contribution in [0.25, 0.3) is 0 Å². The minimum Gasteiger partial charge on any atom is -0.394 e. The highest BCUT2D eigenvalue weighted by molar-refractivity contribution is 7.81. The van der Waals surface area contributed by atoms with Gasteiger partial charge >= 0.3 is 20.8 Å². The molecule has 120 heavy (non-hydrogen) atoms. The lowest BCUT2D eigenvalue weighted by Gasteiger charge is -2.51. The van der Waals surface area contributed by atoms with Gasteiger partial charge in [-0.1, -0.05) is 0 Å². The first-order valence-electron chi connectivity index (χ1n) is 36.9. The molecule has 696 valence electrons. The van der Waals surface area contributed by atoms with Gasteiger partial charge in [-0.3, -0.25) is 28.3 Å². The lowest BCUT2D eigenvalue weighted by atomic mass is 9.93. The van der Waals surface area contributed by atoms with Crippen molar-refractivity contribution in [2.45, 2.75) is 304 Å². The van der Waals surface area contributed by atoms with E-state index in [9.17, 15) is 163 Å². The summed E-state index contributed by atoms with van der Waals surface area (Å²) in [4.78, 5) is 51.2. The molecule has 56 nitrogen and oxygen atoms in total. The summed E-state index contributed by atoms with van der Waals surface area (Å²) in [7, 11) is -11.0. The van der Waals surface area contributed by atoms with Gasteiger partial charge in [0.2, 0.25) is 23.6 Å². The highest BCUT2D eigenvalue weighted by Gasteiger charge is 2.61. The second-order valence-corrected chi connectivity index (χ2v) is 31.4. The predicted octanol–water partition coefficient (Wildman–Crippen LogP) is -20.4. The molecular formula is C62H104N4O52S2. The summed E-state index contributed by atoms with van der Waals surface area (Å²) in [5.74, 6) is -3.95. The van der Waals surface area contributed by atoms with Gasteiger partial charge in [-0.05, 0) is 0 Å². The number of rotatable bonds is 33. The fraction of sp³-hybridized carbons (Fsp3) is 0.935. The molecule has 0 saturated carbocycles. The van der Waals surface area contributed by atoms with Crippen molar-refractivity contribution in [3.8, 4) is 0 Å². The van der Waals surface area contributed by atoms with Crippen LogP contribution in [-0.4, -0.2) is 503 Å². The van der Waals surface area contributed by atoms with E-state index < -0.39 is 380 Å².